The number of pyridine rings is 1. The predicted molar refractivity (Wildman–Crippen MR) is 116 cm³/mol. The van der Waals surface area contributed by atoms with E-state index in [0.29, 0.717) is 16.5 Å². The third-order valence-corrected chi connectivity index (χ3v) is 5.50. The van der Waals surface area contributed by atoms with Crippen LogP contribution in [0.3, 0.4) is 0 Å². The molecule has 0 aliphatic rings. The molecule has 4 aromatic rings. The highest BCUT2D eigenvalue weighted by molar-refractivity contribution is 7.99. The Morgan fingerprint density at radius 3 is 2.14 bits per heavy atom. The van der Waals surface area contributed by atoms with Crippen LogP contribution in [-0.2, 0) is 0 Å². The number of thioether (sulfide) groups is 1. The van der Waals surface area contributed by atoms with Gasteiger partial charge in [-0.1, -0.05) is 59.3 Å². The summed E-state index contributed by atoms with van der Waals surface area (Å²) in [5, 5.41) is 9.46. The van der Waals surface area contributed by atoms with Crippen LogP contribution in [0, 0.1) is 13.8 Å². The van der Waals surface area contributed by atoms with E-state index in [4.69, 9.17) is 0 Å². The van der Waals surface area contributed by atoms with Crippen LogP contribution in [0.5, 0.6) is 0 Å². The Kier molecular flexibility index (Phi) is 5.53. The zero-order valence-corrected chi connectivity index (χ0v) is 17.1. The largest absolute Gasteiger partial charge is 0.293 e. The van der Waals surface area contributed by atoms with Crippen molar-refractivity contribution in [2.24, 2.45) is 0 Å². The lowest BCUT2D eigenvalue weighted by molar-refractivity contribution is 0.102. The van der Waals surface area contributed by atoms with Gasteiger partial charge in [0.05, 0.1) is 5.75 Å². The average Bonchev–Trinajstić information content (AvgIpc) is 3.17. The molecule has 0 N–H and O–H groups in total. The number of hydrogen-bond acceptors (Lipinski definition) is 5. The van der Waals surface area contributed by atoms with Gasteiger partial charge in [0.15, 0.2) is 16.8 Å². The fraction of sp³-hybridized carbons (Fsp3) is 0.130. The van der Waals surface area contributed by atoms with Crippen molar-refractivity contribution in [3.05, 3.63) is 89.7 Å². The zero-order chi connectivity index (χ0) is 20.2. The highest BCUT2D eigenvalue weighted by atomic mass is 32.2. The molecule has 2 aromatic carbocycles. The number of hydrogen-bond donors (Lipinski definition) is 0. The van der Waals surface area contributed by atoms with Crippen LogP contribution >= 0.6 is 11.8 Å². The maximum absolute atomic E-state index is 12.6. The molecule has 5 nitrogen and oxygen atoms in total. The van der Waals surface area contributed by atoms with Crippen molar-refractivity contribution in [1.29, 1.82) is 0 Å². The molecule has 6 heteroatoms. The number of aromatic nitrogens is 4. The fourth-order valence-electron chi connectivity index (χ4n) is 2.93. The maximum Gasteiger partial charge on any atom is 0.196 e. The summed E-state index contributed by atoms with van der Waals surface area (Å²) in [6, 6.07) is 19.6. The van der Waals surface area contributed by atoms with Crippen LogP contribution in [0.15, 0.2) is 78.2 Å². The number of carbonyl (C=O) groups is 1. The van der Waals surface area contributed by atoms with Crippen molar-refractivity contribution in [2.75, 3.05) is 5.75 Å². The molecule has 4 rings (SSSR count). The van der Waals surface area contributed by atoms with E-state index in [-0.39, 0.29) is 5.78 Å². The van der Waals surface area contributed by atoms with Gasteiger partial charge >= 0.3 is 0 Å². The summed E-state index contributed by atoms with van der Waals surface area (Å²) in [5.74, 6) is 1.09. The molecule has 0 spiro atoms. The van der Waals surface area contributed by atoms with E-state index in [1.54, 1.807) is 12.4 Å². The van der Waals surface area contributed by atoms with Gasteiger partial charge in [0.25, 0.3) is 0 Å². The van der Waals surface area contributed by atoms with Crippen LogP contribution in [0.2, 0.25) is 0 Å². The molecule has 144 valence electrons. The second-order valence-electron chi connectivity index (χ2n) is 6.79. The lowest BCUT2D eigenvalue weighted by atomic mass is 10.1. The number of aryl methyl sites for hydroxylation is 2. The molecule has 0 amide bonds. The van der Waals surface area contributed by atoms with E-state index < -0.39 is 0 Å². The van der Waals surface area contributed by atoms with Crippen LogP contribution in [-0.4, -0.2) is 31.3 Å². The first-order valence-corrected chi connectivity index (χ1v) is 10.3. The Bertz CT molecular complexity index is 1120. The third-order valence-electron chi connectivity index (χ3n) is 4.57. The van der Waals surface area contributed by atoms with Crippen LogP contribution < -0.4 is 0 Å². The standard InChI is InChI=1S/C23H20N4OS/c1-16-3-7-18(8-4-16)21(28)15-29-23-26-25-22(19-11-13-24-14-12-19)27(23)20-9-5-17(2)6-10-20/h3-14H,15H2,1-2H3. The van der Waals surface area contributed by atoms with Gasteiger partial charge in [0.1, 0.15) is 0 Å². The van der Waals surface area contributed by atoms with Gasteiger partial charge in [-0.3, -0.25) is 14.3 Å². The first kappa shape index (κ1) is 19.1. The normalized spacial score (nSPS) is 10.8. The average molecular weight is 401 g/mol. The second kappa shape index (κ2) is 8.41. The summed E-state index contributed by atoms with van der Waals surface area (Å²) in [7, 11) is 0. The minimum atomic E-state index is 0.0684. The summed E-state index contributed by atoms with van der Waals surface area (Å²) < 4.78 is 1.99. The monoisotopic (exact) mass is 400 g/mol. The number of benzene rings is 2. The Morgan fingerprint density at radius 2 is 1.48 bits per heavy atom. The molecule has 0 saturated heterocycles. The van der Waals surface area contributed by atoms with E-state index in [2.05, 4.69) is 34.2 Å². The topological polar surface area (TPSA) is 60.7 Å². The minimum absolute atomic E-state index is 0.0684. The minimum Gasteiger partial charge on any atom is -0.293 e. The van der Waals surface area contributed by atoms with Crippen molar-refractivity contribution in [3.63, 3.8) is 0 Å². The van der Waals surface area contributed by atoms with E-state index in [0.717, 1.165) is 22.6 Å². The van der Waals surface area contributed by atoms with Gasteiger partial charge in [-0.25, -0.2) is 0 Å². The lowest BCUT2D eigenvalue weighted by Gasteiger charge is -2.10. The number of nitrogens with zero attached hydrogens (tertiary/aromatic N) is 4. The Hall–Kier alpha value is -3.25. The SMILES string of the molecule is Cc1ccc(C(=O)CSc2nnc(-c3ccncc3)n2-c2ccc(C)cc2)cc1. The Labute approximate surface area is 173 Å². The number of ketones is 1. The highest BCUT2D eigenvalue weighted by Gasteiger charge is 2.17. The molecule has 0 aliphatic carbocycles. The molecular weight excluding hydrogens is 380 g/mol. The van der Waals surface area contributed by atoms with Gasteiger partial charge in [-0.2, -0.15) is 0 Å². The van der Waals surface area contributed by atoms with E-state index in [1.165, 1.54) is 17.3 Å². The summed E-state index contributed by atoms with van der Waals surface area (Å²) in [6.07, 6.45) is 3.47. The number of Topliss-reactive ketones (excluding diaryl/α,β-unsaturated/α-hetero) is 1. The van der Waals surface area contributed by atoms with Crippen molar-refractivity contribution in [1.82, 2.24) is 19.7 Å². The second-order valence-corrected chi connectivity index (χ2v) is 7.73. The third kappa shape index (κ3) is 4.27. The number of rotatable bonds is 6. The quantitative estimate of drug-likeness (QED) is 0.340. The number of carbonyl (C=O) groups excluding carboxylic acids is 1. The van der Waals surface area contributed by atoms with E-state index in [1.807, 2.05) is 60.0 Å². The molecule has 29 heavy (non-hydrogen) atoms. The Balaban J connectivity index is 1.66. The zero-order valence-electron chi connectivity index (χ0n) is 16.2. The molecule has 0 radical (unpaired) electrons. The van der Waals surface area contributed by atoms with Gasteiger partial charge in [-0.15, -0.1) is 10.2 Å². The summed E-state index contributed by atoms with van der Waals surface area (Å²) >= 11 is 1.39. The van der Waals surface area contributed by atoms with Crippen molar-refractivity contribution >= 4 is 17.5 Å². The van der Waals surface area contributed by atoms with Crippen LogP contribution in [0.4, 0.5) is 0 Å². The van der Waals surface area contributed by atoms with Crippen molar-refractivity contribution in [3.8, 4) is 17.1 Å². The molecule has 2 heterocycles. The molecule has 0 aliphatic heterocycles. The van der Waals surface area contributed by atoms with Gasteiger partial charge < -0.3 is 0 Å². The smallest absolute Gasteiger partial charge is 0.196 e. The van der Waals surface area contributed by atoms with Gasteiger partial charge in [0, 0.05) is 29.2 Å². The highest BCUT2D eigenvalue weighted by Crippen LogP contribution is 2.28. The lowest BCUT2D eigenvalue weighted by Crippen LogP contribution is -2.05. The van der Waals surface area contributed by atoms with E-state index >= 15 is 0 Å². The first-order valence-electron chi connectivity index (χ1n) is 9.27. The maximum atomic E-state index is 12.6. The summed E-state index contributed by atoms with van der Waals surface area (Å²) in [6.45, 7) is 4.06. The van der Waals surface area contributed by atoms with Gasteiger partial charge in [-0.05, 0) is 38.1 Å². The molecule has 0 fully saturated rings. The van der Waals surface area contributed by atoms with Crippen LogP contribution in [0.25, 0.3) is 17.1 Å². The molecule has 0 unspecified atom stereocenters. The van der Waals surface area contributed by atoms with Crippen molar-refractivity contribution < 1.29 is 4.79 Å². The molecule has 0 atom stereocenters. The molecule has 0 bridgehead atoms. The first-order chi connectivity index (χ1) is 14.1. The fourth-order valence-corrected chi connectivity index (χ4v) is 3.78. The van der Waals surface area contributed by atoms with Crippen molar-refractivity contribution in [2.45, 2.75) is 19.0 Å². The summed E-state index contributed by atoms with van der Waals surface area (Å²) in [4.78, 5) is 16.7. The van der Waals surface area contributed by atoms with Crippen LogP contribution in [0.1, 0.15) is 21.5 Å². The molecule has 2 aromatic heterocycles. The summed E-state index contributed by atoms with van der Waals surface area (Å²) in [5.41, 5.74) is 4.90. The molecular formula is C23H20N4OS. The molecule has 0 saturated carbocycles. The van der Waals surface area contributed by atoms with E-state index in [9.17, 15) is 4.79 Å². The predicted octanol–water partition coefficient (Wildman–Crippen LogP) is 4.92. The Morgan fingerprint density at radius 1 is 0.862 bits per heavy atom. The van der Waals surface area contributed by atoms with Gasteiger partial charge in [0.2, 0.25) is 0 Å².